The van der Waals surface area contributed by atoms with Crippen molar-refractivity contribution in [2.75, 3.05) is 0 Å². The molecule has 2 rings (SSSR count). The molecule has 2 aromatic rings. The second-order valence-corrected chi connectivity index (χ2v) is 3.56. The number of ether oxygens (including phenoxy) is 1. The maximum atomic E-state index is 5.53. The molecular weight excluding hydrogens is 202 g/mol. The second kappa shape index (κ2) is 5.35. The van der Waals surface area contributed by atoms with Crippen LogP contribution in [0.2, 0.25) is 0 Å². The molecule has 0 aliphatic carbocycles. The lowest BCUT2D eigenvalue weighted by molar-refractivity contribution is 0.248. The van der Waals surface area contributed by atoms with Crippen LogP contribution in [0.4, 0.5) is 0 Å². The minimum Gasteiger partial charge on any atom is -0.486 e. The van der Waals surface area contributed by atoms with Crippen molar-refractivity contribution >= 4 is 0 Å². The molecule has 0 saturated carbocycles. The highest BCUT2D eigenvalue weighted by molar-refractivity contribution is 5.20. The summed E-state index contributed by atoms with van der Waals surface area (Å²) >= 11 is 0. The first-order valence-electron chi connectivity index (χ1n) is 5.42. The van der Waals surface area contributed by atoms with Crippen LogP contribution in [0.5, 0.6) is 5.75 Å². The first-order valence-corrected chi connectivity index (χ1v) is 5.42. The number of nitrogens with zero attached hydrogens (tertiary/aromatic N) is 1. The molecular formula is C13H14NO2. The van der Waals surface area contributed by atoms with Crippen LogP contribution in [0, 0.1) is 6.07 Å². The average Bonchev–Trinajstić information content (AvgIpc) is 2.76. The quantitative estimate of drug-likeness (QED) is 0.770. The summed E-state index contributed by atoms with van der Waals surface area (Å²) in [6.07, 6.45) is 2.02. The molecule has 16 heavy (non-hydrogen) atoms. The van der Waals surface area contributed by atoms with Crippen LogP contribution >= 0.6 is 0 Å². The predicted molar refractivity (Wildman–Crippen MR) is 60.1 cm³/mol. The van der Waals surface area contributed by atoms with Gasteiger partial charge in [0, 0.05) is 6.07 Å². The van der Waals surface area contributed by atoms with Crippen molar-refractivity contribution in [1.82, 2.24) is 5.16 Å². The van der Waals surface area contributed by atoms with Crippen LogP contribution in [0.1, 0.15) is 24.8 Å². The first-order chi connectivity index (χ1) is 7.88. The van der Waals surface area contributed by atoms with Crippen molar-refractivity contribution in [3.05, 3.63) is 47.9 Å². The lowest BCUT2D eigenvalue weighted by atomic mass is 10.2. The van der Waals surface area contributed by atoms with Gasteiger partial charge in [0.1, 0.15) is 12.4 Å². The highest BCUT2D eigenvalue weighted by Gasteiger charge is 2.03. The standard InChI is InChI=1S/C13H14NO2/c1-2-6-11-9-13(16-14-11)10-15-12-7-4-3-5-8-12/h4-5,7-9H,2,6,10H2,1H3. The zero-order chi connectivity index (χ0) is 11.2. The van der Waals surface area contributed by atoms with Gasteiger partial charge in [-0.3, -0.25) is 0 Å². The molecule has 1 aromatic carbocycles. The predicted octanol–water partition coefficient (Wildman–Crippen LogP) is 3.01. The maximum absolute atomic E-state index is 5.53. The van der Waals surface area contributed by atoms with E-state index in [1.165, 1.54) is 0 Å². The molecule has 1 radical (unpaired) electrons. The van der Waals surface area contributed by atoms with Gasteiger partial charge in [-0.15, -0.1) is 0 Å². The summed E-state index contributed by atoms with van der Waals surface area (Å²) in [6, 6.07) is 12.2. The molecule has 0 saturated heterocycles. The van der Waals surface area contributed by atoms with Crippen LogP contribution in [0.25, 0.3) is 0 Å². The molecule has 83 valence electrons. The summed E-state index contributed by atoms with van der Waals surface area (Å²) in [4.78, 5) is 0. The van der Waals surface area contributed by atoms with E-state index in [2.05, 4.69) is 18.1 Å². The van der Waals surface area contributed by atoms with Gasteiger partial charge >= 0.3 is 0 Å². The summed E-state index contributed by atoms with van der Waals surface area (Å²) in [7, 11) is 0. The minimum absolute atomic E-state index is 0.417. The van der Waals surface area contributed by atoms with Crippen LogP contribution in [0.15, 0.2) is 34.9 Å². The minimum atomic E-state index is 0.417. The summed E-state index contributed by atoms with van der Waals surface area (Å²) < 4.78 is 10.7. The highest BCUT2D eigenvalue weighted by atomic mass is 16.5. The third-order valence-corrected chi connectivity index (χ3v) is 2.18. The Bertz CT molecular complexity index is 423. The molecule has 1 aromatic heterocycles. The van der Waals surface area contributed by atoms with Gasteiger partial charge in [-0.1, -0.05) is 30.6 Å². The van der Waals surface area contributed by atoms with E-state index in [9.17, 15) is 0 Å². The van der Waals surface area contributed by atoms with Crippen molar-refractivity contribution in [1.29, 1.82) is 0 Å². The van der Waals surface area contributed by atoms with Gasteiger partial charge in [-0.05, 0) is 24.6 Å². The van der Waals surface area contributed by atoms with Gasteiger partial charge in [0.25, 0.3) is 0 Å². The summed E-state index contributed by atoms with van der Waals surface area (Å²) in [6.45, 7) is 2.53. The van der Waals surface area contributed by atoms with Crippen molar-refractivity contribution < 1.29 is 9.26 Å². The molecule has 0 aliphatic rings. The molecule has 0 N–H and O–H groups in total. The Hall–Kier alpha value is -1.77. The normalized spacial score (nSPS) is 10.3. The molecule has 3 nitrogen and oxygen atoms in total. The molecule has 0 amide bonds. The van der Waals surface area contributed by atoms with Crippen LogP contribution < -0.4 is 4.74 Å². The summed E-state index contributed by atoms with van der Waals surface area (Å²) in [5, 5.41) is 3.96. The zero-order valence-electron chi connectivity index (χ0n) is 9.27. The molecule has 0 unspecified atom stereocenters. The average molecular weight is 216 g/mol. The van der Waals surface area contributed by atoms with Crippen LogP contribution in [-0.4, -0.2) is 5.16 Å². The van der Waals surface area contributed by atoms with Crippen molar-refractivity contribution in [2.24, 2.45) is 0 Å². The zero-order valence-corrected chi connectivity index (χ0v) is 9.27. The Labute approximate surface area is 95.0 Å². The molecule has 3 heteroatoms. The Kier molecular flexibility index (Phi) is 3.59. The SMILES string of the molecule is CCCc1cc(COc2cc[c]cc2)on1. The first kappa shape index (κ1) is 10.7. The monoisotopic (exact) mass is 216 g/mol. The van der Waals surface area contributed by atoms with Gasteiger partial charge in [0.15, 0.2) is 5.76 Å². The fourth-order valence-corrected chi connectivity index (χ4v) is 1.42. The van der Waals surface area contributed by atoms with E-state index < -0.39 is 0 Å². The largest absolute Gasteiger partial charge is 0.486 e. The number of hydrogen-bond acceptors (Lipinski definition) is 3. The highest BCUT2D eigenvalue weighted by Crippen LogP contribution is 2.12. The van der Waals surface area contributed by atoms with E-state index in [1.807, 2.05) is 30.3 Å². The topological polar surface area (TPSA) is 35.3 Å². The van der Waals surface area contributed by atoms with Gasteiger partial charge < -0.3 is 9.26 Å². The Morgan fingerprint density at radius 1 is 1.38 bits per heavy atom. The Balaban J connectivity index is 1.89. The number of rotatable bonds is 5. The van der Waals surface area contributed by atoms with E-state index in [1.54, 1.807) is 0 Å². The summed E-state index contributed by atoms with van der Waals surface area (Å²) in [5.74, 6) is 1.57. The smallest absolute Gasteiger partial charge is 0.174 e. The number of aromatic nitrogens is 1. The van der Waals surface area contributed by atoms with Crippen molar-refractivity contribution in [2.45, 2.75) is 26.4 Å². The lowest BCUT2D eigenvalue weighted by Crippen LogP contribution is -1.93. The number of aryl methyl sites for hydroxylation is 1. The van der Waals surface area contributed by atoms with Crippen molar-refractivity contribution in [3.63, 3.8) is 0 Å². The second-order valence-electron chi connectivity index (χ2n) is 3.56. The molecule has 0 atom stereocenters. The van der Waals surface area contributed by atoms with E-state index in [-0.39, 0.29) is 0 Å². The molecule has 0 aliphatic heterocycles. The van der Waals surface area contributed by atoms with Crippen LogP contribution in [-0.2, 0) is 13.0 Å². The van der Waals surface area contributed by atoms with E-state index in [4.69, 9.17) is 9.26 Å². The fourth-order valence-electron chi connectivity index (χ4n) is 1.42. The van der Waals surface area contributed by atoms with Gasteiger partial charge in [0.05, 0.1) is 5.69 Å². The van der Waals surface area contributed by atoms with E-state index in [0.717, 1.165) is 30.0 Å². The van der Waals surface area contributed by atoms with Gasteiger partial charge in [-0.2, -0.15) is 0 Å². The lowest BCUT2D eigenvalue weighted by Gasteiger charge is -2.01. The van der Waals surface area contributed by atoms with Crippen LogP contribution in [0.3, 0.4) is 0 Å². The van der Waals surface area contributed by atoms with Gasteiger partial charge in [0.2, 0.25) is 0 Å². The molecule has 0 bridgehead atoms. The van der Waals surface area contributed by atoms with Crippen molar-refractivity contribution in [3.8, 4) is 5.75 Å². The molecule has 0 spiro atoms. The third-order valence-electron chi connectivity index (χ3n) is 2.18. The number of benzene rings is 1. The molecule has 1 heterocycles. The van der Waals surface area contributed by atoms with E-state index >= 15 is 0 Å². The van der Waals surface area contributed by atoms with Gasteiger partial charge in [-0.25, -0.2) is 0 Å². The summed E-state index contributed by atoms with van der Waals surface area (Å²) in [5.41, 5.74) is 0.988. The number of hydrogen-bond donors (Lipinski definition) is 0. The Morgan fingerprint density at radius 2 is 2.19 bits per heavy atom. The Morgan fingerprint density at radius 3 is 2.94 bits per heavy atom. The molecule has 0 fully saturated rings. The fraction of sp³-hybridized carbons (Fsp3) is 0.308. The third kappa shape index (κ3) is 2.86. The maximum Gasteiger partial charge on any atom is 0.174 e. The van der Waals surface area contributed by atoms with E-state index in [0.29, 0.717) is 6.61 Å².